The first-order chi connectivity index (χ1) is 12.5. The summed E-state index contributed by atoms with van der Waals surface area (Å²) in [6, 6.07) is 13.1. The first kappa shape index (κ1) is 17.5. The van der Waals surface area contributed by atoms with Gasteiger partial charge in [-0.3, -0.25) is 0 Å². The van der Waals surface area contributed by atoms with E-state index in [9.17, 15) is 9.65 Å². The van der Waals surface area contributed by atoms with Crippen molar-refractivity contribution in [2.24, 2.45) is 0 Å². The molecule has 0 spiro atoms. The molecule has 0 aliphatic heterocycles. The molecule has 0 unspecified atom stereocenters. The lowest BCUT2D eigenvalue weighted by Crippen LogP contribution is -2.05. The summed E-state index contributed by atoms with van der Waals surface area (Å²) in [5.74, 6) is 0.0665. The average Bonchev–Trinajstić information content (AvgIpc) is 2.61. The molecule has 0 aliphatic carbocycles. The molecule has 3 aromatic rings. The summed E-state index contributed by atoms with van der Waals surface area (Å²) in [7, 11) is 0. The maximum Gasteiger partial charge on any atom is 0.222 e. The molecule has 0 saturated carbocycles. The van der Waals surface area contributed by atoms with Gasteiger partial charge in [-0.1, -0.05) is 17.7 Å². The molecule has 0 fully saturated rings. The number of anilines is 2. The molecule has 8 heteroatoms. The summed E-state index contributed by atoms with van der Waals surface area (Å²) in [5.41, 5.74) is 12.7. The first-order valence-electron chi connectivity index (χ1n) is 7.49. The van der Waals surface area contributed by atoms with Crippen LogP contribution < -0.4 is 16.2 Å². The smallest absolute Gasteiger partial charge is 0.222 e. The molecular weight excluding hydrogens is 357 g/mol. The zero-order valence-corrected chi connectivity index (χ0v) is 14.2. The van der Waals surface area contributed by atoms with Crippen molar-refractivity contribution in [2.75, 3.05) is 11.5 Å². The zero-order valence-electron chi connectivity index (χ0n) is 13.4. The highest BCUT2D eigenvalue weighted by atomic mass is 35.5. The van der Waals surface area contributed by atoms with Crippen molar-refractivity contribution in [3.63, 3.8) is 0 Å². The summed E-state index contributed by atoms with van der Waals surface area (Å²) in [6.07, 6.45) is 0. The Kier molecular flexibility index (Phi) is 4.87. The van der Waals surface area contributed by atoms with Gasteiger partial charge in [0.25, 0.3) is 0 Å². The number of nitriles is 1. The fourth-order valence-corrected chi connectivity index (χ4v) is 2.57. The molecule has 0 bridgehead atoms. The Morgan fingerprint density at radius 3 is 2.50 bits per heavy atom. The second-order valence-corrected chi connectivity index (χ2v) is 5.72. The van der Waals surface area contributed by atoms with Gasteiger partial charge in [-0.05, 0) is 36.4 Å². The zero-order chi connectivity index (χ0) is 18.7. The highest BCUT2D eigenvalue weighted by Gasteiger charge is 2.13. The third-order valence-corrected chi connectivity index (χ3v) is 3.99. The Bertz CT molecular complexity index is 981. The van der Waals surface area contributed by atoms with E-state index in [1.54, 1.807) is 30.3 Å². The van der Waals surface area contributed by atoms with E-state index in [2.05, 4.69) is 9.97 Å². The Balaban J connectivity index is 1.83. The highest BCUT2D eigenvalue weighted by molar-refractivity contribution is 6.31. The predicted octanol–water partition coefficient (Wildman–Crippen LogP) is 3.55. The molecule has 2 aromatic carbocycles. The summed E-state index contributed by atoms with van der Waals surface area (Å²) < 4.78 is 19.3. The fraction of sp³-hybridized carbons (Fsp3) is 0.0556. The van der Waals surface area contributed by atoms with Crippen molar-refractivity contribution in [1.29, 1.82) is 5.26 Å². The minimum absolute atomic E-state index is 0.0122. The minimum Gasteiger partial charge on any atom is -0.489 e. The maximum absolute atomic E-state index is 13.8. The van der Waals surface area contributed by atoms with E-state index in [-0.39, 0.29) is 29.5 Å². The van der Waals surface area contributed by atoms with Crippen molar-refractivity contribution in [3.8, 4) is 23.1 Å². The number of rotatable bonds is 4. The summed E-state index contributed by atoms with van der Waals surface area (Å²) >= 11 is 5.98. The van der Waals surface area contributed by atoms with Crippen LogP contribution in [0.1, 0.15) is 11.1 Å². The Labute approximate surface area is 153 Å². The normalized spacial score (nSPS) is 10.3. The number of nitrogen functional groups attached to an aromatic ring is 2. The number of ether oxygens (including phenoxy) is 1. The molecule has 1 aromatic heterocycles. The molecule has 130 valence electrons. The molecule has 0 radical (unpaired) electrons. The summed E-state index contributed by atoms with van der Waals surface area (Å²) in [5, 5.41) is 9.54. The van der Waals surface area contributed by atoms with Crippen LogP contribution in [-0.4, -0.2) is 9.97 Å². The van der Waals surface area contributed by atoms with Crippen molar-refractivity contribution in [1.82, 2.24) is 9.97 Å². The maximum atomic E-state index is 13.8. The molecule has 0 saturated heterocycles. The predicted molar refractivity (Wildman–Crippen MR) is 96.7 cm³/mol. The van der Waals surface area contributed by atoms with Crippen LogP contribution in [0.2, 0.25) is 5.02 Å². The third kappa shape index (κ3) is 3.50. The number of halogens is 2. The molecule has 26 heavy (non-hydrogen) atoms. The van der Waals surface area contributed by atoms with Crippen molar-refractivity contribution in [2.45, 2.75) is 6.61 Å². The molecule has 3 rings (SSSR count). The van der Waals surface area contributed by atoms with Crippen LogP contribution in [0, 0.1) is 17.1 Å². The van der Waals surface area contributed by atoms with Crippen LogP contribution >= 0.6 is 11.6 Å². The SMILES string of the molecule is N#Cc1c(N)nc(N)nc1-c1ccc(OCc2c(F)cccc2Cl)cc1. The van der Waals surface area contributed by atoms with Crippen LogP contribution in [0.5, 0.6) is 5.75 Å². The van der Waals surface area contributed by atoms with E-state index < -0.39 is 5.82 Å². The number of nitrogens with zero attached hydrogens (tertiary/aromatic N) is 3. The van der Waals surface area contributed by atoms with Crippen LogP contribution in [-0.2, 0) is 6.61 Å². The van der Waals surface area contributed by atoms with Gasteiger partial charge in [0.2, 0.25) is 5.95 Å². The molecular formula is C18H13ClFN5O. The Morgan fingerprint density at radius 1 is 1.12 bits per heavy atom. The second kappa shape index (κ2) is 7.25. The van der Waals surface area contributed by atoms with Gasteiger partial charge < -0.3 is 16.2 Å². The first-order valence-corrected chi connectivity index (χ1v) is 7.86. The van der Waals surface area contributed by atoms with E-state index in [4.69, 9.17) is 27.8 Å². The quantitative estimate of drug-likeness (QED) is 0.727. The number of nitrogens with two attached hydrogens (primary N) is 2. The molecule has 1 heterocycles. The molecule has 6 nitrogen and oxygen atoms in total. The minimum atomic E-state index is -0.431. The molecule has 0 amide bonds. The van der Waals surface area contributed by atoms with Gasteiger partial charge in [-0.2, -0.15) is 10.2 Å². The van der Waals surface area contributed by atoms with Gasteiger partial charge in [-0.15, -0.1) is 0 Å². The Morgan fingerprint density at radius 2 is 1.85 bits per heavy atom. The van der Waals surface area contributed by atoms with Crippen LogP contribution in [0.25, 0.3) is 11.3 Å². The molecule has 0 atom stereocenters. The third-order valence-electron chi connectivity index (χ3n) is 3.64. The molecule has 0 aliphatic rings. The summed E-state index contributed by atoms with van der Waals surface area (Å²) in [4.78, 5) is 7.85. The van der Waals surface area contributed by atoms with E-state index in [1.165, 1.54) is 12.1 Å². The van der Waals surface area contributed by atoms with Gasteiger partial charge in [0.1, 0.15) is 35.6 Å². The van der Waals surface area contributed by atoms with Gasteiger partial charge in [0.05, 0.1) is 10.7 Å². The van der Waals surface area contributed by atoms with Crippen molar-refractivity contribution in [3.05, 3.63) is 64.4 Å². The monoisotopic (exact) mass is 369 g/mol. The van der Waals surface area contributed by atoms with Crippen LogP contribution in [0.3, 0.4) is 0 Å². The van der Waals surface area contributed by atoms with Gasteiger partial charge in [0.15, 0.2) is 0 Å². The second-order valence-electron chi connectivity index (χ2n) is 5.32. The van der Waals surface area contributed by atoms with E-state index in [0.717, 1.165) is 0 Å². The van der Waals surface area contributed by atoms with E-state index >= 15 is 0 Å². The number of aromatic nitrogens is 2. The lowest BCUT2D eigenvalue weighted by molar-refractivity contribution is 0.300. The number of hydrogen-bond acceptors (Lipinski definition) is 6. The van der Waals surface area contributed by atoms with Crippen molar-refractivity contribution >= 4 is 23.4 Å². The topological polar surface area (TPSA) is 111 Å². The van der Waals surface area contributed by atoms with Crippen LogP contribution in [0.4, 0.5) is 16.2 Å². The van der Waals surface area contributed by atoms with E-state index in [0.29, 0.717) is 22.0 Å². The lowest BCUT2D eigenvalue weighted by Gasteiger charge is -2.10. The molecule has 4 N–H and O–H groups in total. The average molecular weight is 370 g/mol. The lowest BCUT2D eigenvalue weighted by atomic mass is 10.1. The van der Waals surface area contributed by atoms with Gasteiger partial charge in [-0.25, -0.2) is 9.37 Å². The van der Waals surface area contributed by atoms with Crippen molar-refractivity contribution < 1.29 is 9.13 Å². The largest absolute Gasteiger partial charge is 0.489 e. The fourth-order valence-electron chi connectivity index (χ4n) is 2.35. The van der Waals surface area contributed by atoms with Gasteiger partial charge >= 0.3 is 0 Å². The number of hydrogen-bond donors (Lipinski definition) is 2. The van der Waals surface area contributed by atoms with Gasteiger partial charge in [0, 0.05) is 11.1 Å². The standard InChI is InChI=1S/C18H13ClFN5O/c19-14-2-1-3-15(20)13(14)9-26-11-6-4-10(5-7-11)16-12(8-21)17(22)25-18(23)24-16/h1-7H,9H2,(H4,22,23,24,25). The van der Waals surface area contributed by atoms with Crippen LogP contribution in [0.15, 0.2) is 42.5 Å². The number of benzene rings is 2. The summed E-state index contributed by atoms with van der Waals surface area (Å²) in [6.45, 7) is -0.0122. The Hall–Kier alpha value is -3.37. The highest BCUT2D eigenvalue weighted by Crippen LogP contribution is 2.27. The van der Waals surface area contributed by atoms with E-state index in [1.807, 2.05) is 6.07 Å².